The van der Waals surface area contributed by atoms with Crippen LogP contribution in [0, 0.1) is 12.8 Å². The SMILES string of the molecule is Cc1ccc(S(C)(=O)=O)cc1NC1CCCC1CN. The Bertz CT molecular complexity index is 555. The van der Waals surface area contributed by atoms with Gasteiger partial charge in [-0.25, -0.2) is 8.42 Å². The molecule has 0 spiro atoms. The van der Waals surface area contributed by atoms with Crippen LogP contribution in [0.2, 0.25) is 0 Å². The fourth-order valence-electron chi connectivity index (χ4n) is 2.70. The topological polar surface area (TPSA) is 72.2 Å². The minimum Gasteiger partial charge on any atom is -0.382 e. The third-order valence-electron chi connectivity index (χ3n) is 3.94. The van der Waals surface area contributed by atoms with Crippen molar-refractivity contribution in [2.75, 3.05) is 18.1 Å². The number of anilines is 1. The van der Waals surface area contributed by atoms with Gasteiger partial charge in [-0.05, 0) is 49.9 Å². The van der Waals surface area contributed by atoms with Gasteiger partial charge in [-0.3, -0.25) is 0 Å². The molecule has 1 saturated carbocycles. The van der Waals surface area contributed by atoms with E-state index in [9.17, 15) is 8.42 Å². The molecule has 1 aromatic carbocycles. The van der Waals surface area contributed by atoms with E-state index >= 15 is 0 Å². The zero-order chi connectivity index (χ0) is 14.0. The number of hydrogen-bond acceptors (Lipinski definition) is 4. The van der Waals surface area contributed by atoms with Gasteiger partial charge in [0.05, 0.1) is 4.90 Å². The van der Waals surface area contributed by atoms with Crippen LogP contribution in [0.15, 0.2) is 23.1 Å². The van der Waals surface area contributed by atoms with Crippen molar-refractivity contribution in [3.8, 4) is 0 Å². The number of aryl methyl sites for hydroxylation is 1. The zero-order valence-electron chi connectivity index (χ0n) is 11.5. The predicted molar refractivity (Wildman–Crippen MR) is 78.1 cm³/mol. The van der Waals surface area contributed by atoms with Crippen molar-refractivity contribution in [1.29, 1.82) is 0 Å². The van der Waals surface area contributed by atoms with Crippen LogP contribution in [-0.4, -0.2) is 27.3 Å². The maximum atomic E-state index is 11.6. The van der Waals surface area contributed by atoms with Crippen molar-refractivity contribution in [3.05, 3.63) is 23.8 Å². The Morgan fingerprint density at radius 1 is 1.37 bits per heavy atom. The van der Waals surface area contributed by atoms with E-state index < -0.39 is 9.84 Å². The summed E-state index contributed by atoms with van der Waals surface area (Å²) in [5.74, 6) is 0.487. The summed E-state index contributed by atoms with van der Waals surface area (Å²) < 4.78 is 23.2. The Morgan fingerprint density at radius 3 is 2.74 bits per heavy atom. The van der Waals surface area contributed by atoms with Crippen LogP contribution in [0.3, 0.4) is 0 Å². The van der Waals surface area contributed by atoms with Gasteiger partial charge in [0.15, 0.2) is 9.84 Å². The number of benzene rings is 1. The summed E-state index contributed by atoms with van der Waals surface area (Å²) in [4.78, 5) is 0.364. The molecule has 1 aliphatic carbocycles. The molecular weight excluding hydrogens is 260 g/mol. The molecule has 4 nitrogen and oxygen atoms in total. The van der Waals surface area contributed by atoms with Crippen LogP contribution in [0.25, 0.3) is 0 Å². The maximum Gasteiger partial charge on any atom is 0.175 e. The molecule has 2 atom stereocenters. The Labute approximate surface area is 115 Å². The monoisotopic (exact) mass is 282 g/mol. The average molecular weight is 282 g/mol. The van der Waals surface area contributed by atoms with Gasteiger partial charge in [0.25, 0.3) is 0 Å². The van der Waals surface area contributed by atoms with Gasteiger partial charge in [0.2, 0.25) is 0 Å². The number of hydrogen-bond donors (Lipinski definition) is 2. The molecule has 2 rings (SSSR count). The van der Waals surface area contributed by atoms with Crippen LogP contribution in [0.5, 0.6) is 0 Å². The smallest absolute Gasteiger partial charge is 0.175 e. The van der Waals surface area contributed by atoms with Crippen molar-refractivity contribution >= 4 is 15.5 Å². The van der Waals surface area contributed by atoms with Crippen molar-refractivity contribution in [1.82, 2.24) is 0 Å². The lowest BCUT2D eigenvalue weighted by Gasteiger charge is -2.22. The number of nitrogens with two attached hydrogens (primary N) is 1. The lowest BCUT2D eigenvalue weighted by molar-refractivity contribution is 0.516. The minimum absolute atomic E-state index is 0.360. The van der Waals surface area contributed by atoms with Crippen molar-refractivity contribution in [3.63, 3.8) is 0 Å². The Kier molecular flexibility index (Phi) is 4.16. The van der Waals surface area contributed by atoms with E-state index in [-0.39, 0.29) is 0 Å². The fourth-order valence-corrected chi connectivity index (χ4v) is 3.34. The standard InChI is InChI=1S/C14H22N2O2S/c1-10-6-7-12(19(2,17)18)8-14(10)16-13-5-3-4-11(13)9-15/h6-8,11,13,16H,3-5,9,15H2,1-2H3. The van der Waals surface area contributed by atoms with Gasteiger partial charge in [-0.15, -0.1) is 0 Å². The van der Waals surface area contributed by atoms with Gasteiger partial charge in [-0.1, -0.05) is 12.5 Å². The fraction of sp³-hybridized carbons (Fsp3) is 0.571. The first kappa shape index (κ1) is 14.3. The van der Waals surface area contributed by atoms with Crippen LogP contribution in [-0.2, 0) is 9.84 Å². The molecule has 5 heteroatoms. The molecule has 106 valence electrons. The summed E-state index contributed by atoms with van der Waals surface area (Å²) in [7, 11) is -3.16. The first-order valence-corrected chi connectivity index (χ1v) is 8.58. The highest BCUT2D eigenvalue weighted by molar-refractivity contribution is 7.90. The summed E-state index contributed by atoms with van der Waals surface area (Å²) in [6, 6.07) is 5.60. The van der Waals surface area contributed by atoms with Gasteiger partial charge >= 0.3 is 0 Å². The lowest BCUT2D eigenvalue weighted by Crippen LogP contribution is -2.29. The van der Waals surface area contributed by atoms with Gasteiger partial charge in [-0.2, -0.15) is 0 Å². The van der Waals surface area contributed by atoms with Crippen molar-refractivity contribution < 1.29 is 8.42 Å². The van der Waals surface area contributed by atoms with Crippen molar-refractivity contribution in [2.24, 2.45) is 11.7 Å². The molecule has 1 fully saturated rings. The second kappa shape index (κ2) is 5.51. The summed E-state index contributed by atoms with van der Waals surface area (Å²) >= 11 is 0. The summed E-state index contributed by atoms with van der Waals surface area (Å²) in [6.07, 6.45) is 4.67. The summed E-state index contributed by atoms with van der Waals surface area (Å²) in [6.45, 7) is 2.67. The second-order valence-corrected chi connectivity index (χ2v) is 7.44. The third-order valence-corrected chi connectivity index (χ3v) is 5.05. The van der Waals surface area contributed by atoms with E-state index in [0.717, 1.165) is 24.1 Å². The molecule has 0 aromatic heterocycles. The molecule has 2 unspecified atom stereocenters. The van der Waals surface area contributed by atoms with Gasteiger partial charge in [0.1, 0.15) is 0 Å². The van der Waals surface area contributed by atoms with Gasteiger partial charge in [0, 0.05) is 18.0 Å². The molecule has 0 saturated heterocycles. The van der Waals surface area contributed by atoms with E-state index in [1.165, 1.54) is 12.7 Å². The molecule has 1 aromatic rings. The highest BCUT2D eigenvalue weighted by Gasteiger charge is 2.26. The first-order valence-electron chi connectivity index (χ1n) is 6.69. The normalized spacial score (nSPS) is 23.5. The average Bonchev–Trinajstić information content (AvgIpc) is 2.77. The third kappa shape index (κ3) is 3.28. The lowest BCUT2D eigenvalue weighted by atomic mass is 10.0. The Hall–Kier alpha value is -1.07. The summed E-state index contributed by atoms with van der Waals surface area (Å²) in [5, 5.41) is 3.48. The first-order chi connectivity index (χ1) is 8.91. The molecular formula is C14H22N2O2S. The molecule has 1 aliphatic rings. The largest absolute Gasteiger partial charge is 0.382 e. The molecule has 0 bridgehead atoms. The van der Waals surface area contributed by atoms with E-state index in [1.807, 2.05) is 13.0 Å². The van der Waals surface area contributed by atoms with Crippen molar-refractivity contribution in [2.45, 2.75) is 37.1 Å². The maximum absolute atomic E-state index is 11.6. The predicted octanol–water partition coefficient (Wildman–Crippen LogP) is 1.94. The summed E-state index contributed by atoms with van der Waals surface area (Å²) in [5.41, 5.74) is 7.75. The zero-order valence-corrected chi connectivity index (χ0v) is 12.3. The highest BCUT2D eigenvalue weighted by atomic mass is 32.2. The van der Waals surface area contributed by atoms with Crippen LogP contribution in [0.1, 0.15) is 24.8 Å². The molecule has 0 aliphatic heterocycles. The highest BCUT2D eigenvalue weighted by Crippen LogP contribution is 2.29. The quantitative estimate of drug-likeness (QED) is 0.885. The van der Waals surface area contributed by atoms with Crippen LogP contribution < -0.4 is 11.1 Å². The Morgan fingerprint density at radius 2 is 2.11 bits per heavy atom. The molecule has 3 N–H and O–H groups in total. The molecule has 0 radical (unpaired) electrons. The van der Waals surface area contributed by atoms with E-state index in [4.69, 9.17) is 5.73 Å². The molecule has 0 heterocycles. The number of sulfone groups is 1. The van der Waals surface area contributed by atoms with Gasteiger partial charge < -0.3 is 11.1 Å². The minimum atomic E-state index is -3.16. The van der Waals surface area contributed by atoms with E-state index in [0.29, 0.717) is 23.4 Å². The molecule has 0 amide bonds. The van der Waals surface area contributed by atoms with Crippen LogP contribution in [0.4, 0.5) is 5.69 Å². The number of rotatable bonds is 4. The van der Waals surface area contributed by atoms with Crippen LogP contribution >= 0.6 is 0 Å². The molecule has 19 heavy (non-hydrogen) atoms. The number of nitrogens with one attached hydrogen (secondary N) is 1. The second-order valence-electron chi connectivity index (χ2n) is 5.43. The van der Waals surface area contributed by atoms with E-state index in [1.54, 1.807) is 12.1 Å². The van der Waals surface area contributed by atoms with E-state index in [2.05, 4.69) is 5.32 Å². The Balaban J connectivity index is 2.24.